The summed E-state index contributed by atoms with van der Waals surface area (Å²) in [7, 11) is 1.58. The fraction of sp³-hybridized carbons (Fsp3) is 0.176. The summed E-state index contributed by atoms with van der Waals surface area (Å²) in [6.07, 6.45) is 1.58. The number of nitrogens with one attached hydrogen (secondary N) is 2. The normalized spacial score (nSPS) is 10.7. The number of carbonyl (C=O) groups excluding carboxylic acids is 1. The average Bonchev–Trinajstić information content (AvgIpc) is 3.05. The van der Waals surface area contributed by atoms with Crippen LogP contribution in [0.1, 0.15) is 10.5 Å². The van der Waals surface area contributed by atoms with Gasteiger partial charge in [-0.1, -0.05) is 18.2 Å². The Morgan fingerprint density at radius 2 is 2.09 bits per heavy atom. The number of pyridine rings is 1. The molecule has 0 fully saturated rings. The van der Waals surface area contributed by atoms with Gasteiger partial charge in [0.05, 0.1) is 18.3 Å². The predicted octanol–water partition coefficient (Wildman–Crippen LogP) is 2.95. The quantitative estimate of drug-likeness (QED) is 0.684. The van der Waals surface area contributed by atoms with Gasteiger partial charge in [-0.05, 0) is 18.2 Å². The second-order valence-corrected chi connectivity index (χ2v) is 4.93. The Kier molecular flexibility index (Phi) is 4.54. The smallest absolute Gasteiger partial charge is 0.270 e. The van der Waals surface area contributed by atoms with Crippen molar-refractivity contribution < 1.29 is 13.9 Å². The van der Waals surface area contributed by atoms with E-state index in [-0.39, 0.29) is 5.91 Å². The molecule has 0 spiro atoms. The van der Waals surface area contributed by atoms with Crippen molar-refractivity contribution in [2.45, 2.75) is 0 Å². The van der Waals surface area contributed by atoms with Gasteiger partial charge in [0.25, 0.3) is 5.91 Å². The standard InChI is InChI=1S/C17H17N3O3/c1-22-10-8-18-17(21)14-11-15-13(7-9-23-15)16(20-14)19-12-5-3-2-4-6-12/h2-7,9,11H,8,10H2,1H3,(H,18,21)(H,19,20). The first-order valence-corrected chi connectivity index (χ1v) is 7.25. The maximum absolute atomic E-state index is 12.2. The monoisotopic (exact) mass is 311 g/mol. The van der Waals surface area contributed by atoms with Gasteiger partial charge in [-0.25, -0.2) is 4.98 Å². The average molecular weight is 311 g/mol. The summed E-state index contributed by atoms with van der Waals surface area (Å²) >= 11 is 0. The summed E-state index contributed by atoms with van der Waals surface area (Å²) in [5.74, 6) is 0.316. The predicted molar refractivity (Wildman–Crippen MR) is 87.9 cm³/mol. The van der Waals surface area contributed by atoms with Gasteiger partial charge in [-0.3, -0.25) is 4.79 Å². The van der Waals surface area contributed by atoms with Crippen LogP contribution in [0.5, 0.6) is 0 Å². The molecule has 0 radical (unpaired) electrons. The van der Waals surface area contributed by atoms with Crippen molar-refractivity contribution in [3.05, 3.63) is 54.4 Å². The zero-order valence-corrected chi connectivity index (χ0v) is 12.7. The molecule has 0 aliphatic heterocycles. The molecule has 2 N–H and O–H groups in total. The Labute approximate surface area is 133 Å². The topological polar surface area (TPSA) is 76.4 Å². The first kappa shape index (κ1) is 15.1. The molecule has 0 unspecified atom stereocenters. The minimum Gasteiger partial charge on any atom is -0.464 e. The van der Waals surface area contributed by atoms with E-state index in [0.29, 0.717) is 30.2 Å². The molecular weight excluding hydrogens is 294 g/mol. The summed E-state index contributed by atoms with van der Waals surface area (Å²) in [5.41, 5.74) is 1.79. The number of hydrogen-bond acceptors (Lipinski definition) is 5. The number of methoxy groups -OCH3 is 1. The van der Waals surface area contributed by atoms with E-state index in [2.05, 4.69) is 15.6 Å². The van der Waals surface area contributed by atoms with E-state index < -0.39 is 0 Å². The third-order valence-corrected chi connectivity index (χ3v) is 3.31. The first-order valence-electron chi connectivity index (χ1n) is 7.25. The third kappa shape index (κ3) is 3.49. The van der Waals surface area contributed by atoms with Gasteiger partial charge in [0.2, 0.25) is 0 Å². The second-order valence-electron chi connectivity index (χ2n) is 4.93. The van der Waals surface area contributed by atoms with Gasteiger partial charge in [0, 0.05) is 25.4 Å². The number of fused-ring (bicyclic) bond motifs is 1. The van der Waals surface area contributed by atoms with Crippen LogP contribution in [-0.4, -0.2) is 31.2 Å². The second kappa shape index (κ2) is 6.93. The number of aromatic nitrogens is 1. The van der Waals surface area contributed by atoms with Crippen molar-refractivity contribution in [1.29, 1.82) is 0 Å². The van der Waals surface area contributed by atoms with Crippen LogP contribution in [0.15, 0.2) is 53.1 Å². The molecule has 0 aliphatic rings. The largest absolute Gasteiger partial charge is 0.464 e. The molecule has 3 rings (SSSR count). The molecule has 118 valence electrons. The lowest BCUT2D eigenvalue weighted by Gasteiger charge is -2.09. The molecule has 1 amide bonds. The van der Waals surface area contributed by atoms with Gasteiger partial charge >= 0.3 is 0 Å². The van der Waals surface area contributed by atoms with Crippen LogP contribution in [0.25, 0.3) is 11.0 Å². The number of ether oxygens (including phenoxy) is 1. The van der Waals surface area contributed by atoms with Crippen molar-refractivity contribution in [3.8, 4) is 0 Å². The summed E-state index contributed by atoms with van der Waals surface area (Å²) in [4.78, 5) is 16.6. The van der Waals surface area contributed by atoms with Gasteiger partial charge in [0.15, 0.2) is 0 Å². The van der Waals surface area contributed by atoms with Crippen LogP contribution in [0, 0.1) is 0 Å². The maximum atomic E-state index is 12.2. The van der Waals surface area contributed by atoms with Crippen molar-refractivity contribution >= 4 is 28.4 Å². The van der Waals surface area contributed by atoms with Crippen LogP contribution in [0.2, 0.25) is 0 Å². The van der Waals surface area contributed by atoms with Crippen molar-refractivity contribution in [3.63, 3.8) is 0 Å². The van der Waals surface area contributed by atoms with E-state index >= 15 is 0 Å². The Morgan fingerprint density at radius 1 is 1.26 bits per heavy atom. The number of para-hydroxylation sites is 1. The number of benzene rings is 1. The Balaban J connectivity index is 1.90. The minimum absolute atomic E-state index is 0.267. The third-order valence-electron chi connectivity index (χ3n) is 3.31. The fourth-order valence-corrected chi connectivity index (χ4v) is 2.19. The van der Waals surface area contributed by atoms with E-state index in [4.69, 9.17) is 9.15 Å². The lowest BCUT2D eigenvalue weighted by molar-refractivity contribution is 0.0932. The molecule has 1 aromatic carbocycles. The maximum Gasteiger partial charge on any atom is 0.270 e. The molecule has 0 bridgehead atoms. The minimum atomic E-state index is -0.267. The number of anilines is 2. The first-order chi connectivity index (χ1) is 11.3. The van der Waals surface area contributed by atoms with E-state index in [1.807, 2.05) is 36.4 Å². The van der Waals surface area contributed by atoms with E-state index in [9.17, 15) is 4.79 Å². The van der Waals surface area contributed by atoms with E-state index in [1.54, 1.807) is 19.4 Å². The highest BCUT2D eigenvalue weighted by Gasteiger charge is 2.14. The molecule has 0 saturated heterocycles. The summed E-state index contributed by atoms with van der Waals surface area (Å²) in [6, 6.07) is 13.1. The Bertz CT molecular complexity index is 799. The van der Waals surface area contributed by atoms with Crippen molar-refractivity contribution in [2.24, 2.45) is 0 Å². The number of rotatable bonds is 6. The van der Waals surface area contributed by atoms with Crippen LogP contribution < -0.4 is 10.6 Å². The molecule has 0 saturated carbocycles. The molecule has 6 nitrogen and oxygen atoms in total. The van der Waals surface area contributed by atoms with Crippen LogP contribution >= 0.6 is 0 Å². The van der Waals surface area contributed by atoms with Crippen LogP contribution in [0.3, 0.4) is 0 Å². The SMILES string of the molecule is COCCNC(=O)c1cc2occc2c(Nc2ccccc2)n1. The van der Waals surface area contributed by atoms with E-state index in [1.165, 1.54) is 0 Å². The molecule has 3 aromatic rings. The number of nitrogens with zero attached hydrogens (tertiary/aromatic N) is 1. The summed E-state index contributed by atoms with van der Waals surface area (Å²) < 4.78 is 10.4. The number of furan rings is 1. The van der Waals surface area contributed by atoms with E-state index in [0.717, 1.165) is 11.1 Å². The Hall–Kier alpha value is -2.86. The van der Waals surface area contributed by atoms with Gasteiger partial charge < -0.3 is 19.8 Å². The highest BCUT2D eigenvalue weighted by molar-refractivity contribution is 5.99. The molecule has 2 aromatic heterocycles. The number of hydrogen-bond donors (Lipinski definition) is 2. The lowest BCUT2D eigenvalue weighted by Crippen LogP contribution is -2.27. The fourth-order valence-electron chi connectivity index (χ4n) is 2.19. The van der Waals surface area contributed by atoms with Crippen molar-refractivity contribution in [1.82, 2.24) is 10.3 Å². The van der Waals surface area contributed by atoms with Gasteiger partial charge in [-0.15, -0.1) is 0 Å². The zero-order chi connectivity index (χ0) is 16.1. The summed E-state index contributed by atoms with van der Waals surface area (Å²) in [5, 5.41) is 6.79. The molecule has 23 heavy (non-hydrogen) atoms. The molecule has 0 aliphatic carbocycles. The van der Waals surface area contributed by atoms with Crippen molar-refractivity contribution in [2.75, 3.05) is 25.6 Å². The lowest BCUT2D eigenvalue weighted by atomic mass is 10.2. The number of carbonyl (C=O) groups is 1. The summed E-state index contributed by atoms with van der Waals surface area (Å²) in [6.45, 7) is 0.874. The zero-order valence-electron chi connectivity index (χ0n) is 12.7. The number of amides is 1. The molecule has 0 atom stereocenters. The molecular formula is C17H17N3O3. The molecule has 2 heterocycles. The van der Waals surface area contributed by atoms with Crippen LogP contribution in [0.4, 0.5) is 11.5 Å². The van der Waals surface area contributed by atoms with Gasteiger partial charge in [-0.2, -0.15) is 0 Å². The Morgan fingerprint density at radius 3 is 2.87 bits per heavy atom. The highest BCUT2D eigenvalue weighted by Crippen LogP contribution is 2.26. The highest BCUT2D eigenvalue weighted by atomic mass is 16.5. The van der Waals surface area contributed by atoms with Gasteiger partial charge in [0.1, 0.15) is 17.1 Å². The van der Waals surface area contributed by atoms with Crippen LogP contribution in [-0.2, 0) is 4.74 Å². The molecule has 6 heteroatoms.